The van der Waals surface area contributed by atoms with Crippen molar-refractivity contribution in [1.82, 2.24) is 5.43 Å². The highest BCUT2D eigenvalue weighted by molar-refractivity contribution is 6.43. The van der Waals surface area contributed by atoms with Gasteiger partial charge in [0.05, 0.1) is 6.10 Å². The zero-order valence-corrected chi connectivity index (χ0v) is 12.4. The minimum absolute atomic E-state index is 0.101. The van der Waals surface area contributed by atoms with Gasteiger partial charge in [-0.25, -0.2) is 5.43 Å². The van der Waals surface area contributed by atoms with Crippen LogP contribution in [0.4, 0.5) is 5.69 Å². The number of nitrogens with one attached hydrogen (secondary N) is 2. The molecule has 1 aliphatic rings. The Hall–Kier alpha value is -2.37. The molecule has 0 atom stereocenters. The summed E-state index contributed by atoms with van der Waals surface area (Å²) < 4.78 is 5.65. The van der Waals surface area contributed by atoms with E-state index in [4.69, 9.17) is 4.74 Å². The first-order valence-electron chi connectivity index (χ1n) is 6.90. The monoisotopic (exact) mass is 289 g/mol. The molecule has 21 heavy (non-hydrogen) atoms. The van der Waals surface area contributed by atoms with Crippen LogP contribution in [0.3, 0.4) is 0 Å². The van der Waals surface area contributed by atoms with Crippen molar-refractivity contribution in [2.45, 2.75) is 39.7 Å². The third-order valence-corrected chi connectivity index (χ3v) is 2.96. The summed E-state index contributed by atoms with van der Waals surface area (Å²) >= 11 is 0. The van der Waals surface area contributed by atoms with Gasteiger partial charge in [0, 0.05) is 18.5 Å². The zero-order valence-electron chi connectivity index (χ0n) is 12.4. The van der Waals surface area contributed by atoms with E-state index >= 15 is 0 Å². The lowest BCUT2D eigenvalue weighted by molar-refractivity contribution is -0.121. The fraction of sp³-hybridized carbons (Fsp3) is 0.400. The predicted octanol–water partition coefficient (Wildman–Crippen LogP) is 1.99. The number of ether oxygens (including phenoxy) is 1. The molecule has 0 saturated heterocycles. The van der Waals surface area contributed by atoms with E-state index in [0.29, 0.717) is 17.8 Å². The first-order chi connectivity index (χ1) is 9.95. The van der Waals surface area contributed by atoms with Gasteiger partial charge in [-0.05, 0) is 44.5 Å². The number of nitrogens with zero attached hydrogens (tertiary/aromatic N) is 1. The molecule has 0 aromatic heterocycles. The Bertz CT molecular complexity index is 594. The predicted molar refractivity (Wildman–Crippen MR) is 80.4 cm³/mol. The number of aryl methyl sites for hydroxylation is 1. The number of carbonyl (C=O) groups is 2. The molecule has 0 aliphatic carbocycles. The third kappa shape index (κ3) is 4.05. The van der Waals surface area contributed by atoms with Gasteiger partial charge in [0.25, 0.3) is 5.91 Å². The summed E-state index contributed by atoms with van der Waals surface area (Å²) in [5.74, 6) is 0.328. The van der Waals surface area contributed by atoms with Crippen LogP contribution in [-0.4, -0.2) is 23.6 Å². The van der Waals surface area contributed by atoms with E-state index in [9.17, 15) is 9.59 Å². The molecule has 0 spiro atoms. The molecule has 1 aromatic rings. The molecular formula is C15H19N3O3. The summed E-state index contributed by atoms with van der Waals surface area (Å²) in [6.07, 6.45) is 0.738. The van der Waals surface area contributed by atoms with Crippen molar-refractivity contribution in [3.63, 3.8) is 0 Å². The fourth-order valence-corrected chi connectivity index (χ4v) is 1.95. The largest absolute Gasteiger partial charge is 0.491 e. The second-order valence-corrected chi connectivity index (χ2v) is 5.19. The Morgan fingerprint density at radius 2 is 2.14 bits per heavy atom. The van der Waals surface area contributed by atoms with Crippen LogP contribution >= 0.6 is 0 Å². The molecular weight excluding hydrogens is 270 g/mol. The standard InChI is InChI=1S/C15H19N3O3/c1-9(2)21-13-6-4-11(8-10(13)3)16-15(20)12-5-7-14(19)18-17-12/h4,6,8-9H,5,7H2,1-3H3,(H,16,20)(H,18,19). The number of anilines is 1. The highest BCUT2D eigenvalue weighted by Gasteiger charge is 2.18. The molecule has 2 N–H and O–H groups in total. The number of amides is 2. The van der Waals surface area contributed by atoms with Gasteiger partial charge in [-0.2, -0.15) is 5.10 Å². The highest BCUT2D eigenvalue weighted by Crippen LogP contribution is 2.23. The number of hydrogen-bond acceptors (Lipinski definition) is 4. The molecule has 1 aromatic carbocycles. The van der Waals surface area contributed by atoms with Crippen LogP contribution < -0.4 is 15.5 Å². The zero-order chi connectivity index (χ0) is 15.4. The van der Waals surface area contributed by atoms with Gasteiger partial charge in [-0.1, -0.05) is 0 Å². The molecule has 0 fully saturated rings. The summed E-state index contributed by atoms with van der Waals surface area (Å²) in [5, 5.41) is 6.54. The molecule has 6 heteroatoms. The van der Waals surface area contributed by atoms with Crippen LogP contribution in [-0.2, 0) is 9.59 Å². The molecule has 0 unspecified atom stereocenters. The van der Waals surface area contributed by atoms with Crippen molar-refractivity contribution in [2.24, 2.45) is 5.10 Å². The summed E-state index contributed by atoms with van der Waals surface area (Å²) in [6.45, 7) is 5.85. The van der Waals surface area contributed by atoms with Gasteiger partial charge in [0.15, 0.2) is 0 Å². The van der Waals surface area contributed by atoms with Crippen molar-refractivity contribution >= 4 is 23.2 Å². The quantitative estimate of drug-likeness (QED) is 0.889. The van der Waals surface area contributed by atoms with Crippen LogP contribution in [0.2, 0.25) is 0 Å². The van der Waals surface area contributed by atoms with Gasteiger partial charge < -0.3 is 10.1 Å². The van der Waals surface area contributed by atoms with Gasteiger partial charge in [0.2, 0.25) is 5.91 Å². The Morgan fingerprint density at radius 1 is 1.38 bits per heavy atom. The summed E-state index contributed by atoms with van der Waals surface area (Å²) in [4.78, 5) is 23.0. The summed E-state index contributed by atoms with van der Waals surface area (Å²) in [7, 11) is 0. The smallest absolute Gasteiger partial charge is 0.271 e. The van der Waals surface area contributed by atoms with Crippen LogP contribution in [0.1, 0.15) is 32.3 Å². The summed E-state index contributed by atoms with van der Waals surface area (Å²) in [6, 6.07) is 5.46. The van der Waals surface area contributed by atoms with E-state index in [0.717, 1.165) is 11.3 Å². The maximum atomic E-state index is 12.0. The maximum Gasteiger partial charge on any atom is 0.271 e. The molecule has 0 bridgehead atoms. The Morgan fingerprint density at radius 3 is 2.71 bits per heavy atom. The fourth-order valence-electron chi connectivity index (χ4n) is 1.95. The van der Waals surface area contributed by atoms with Gasteiger partial charge in [-0.3, -0.25) is 9.59 Å². The minimum atomic E-state index is -0.299. The molecule has 1 heterocycles. The Kier molecular flexibility index (Phi) is 4.57. The molecule has 0 radical (unpaired) electrons. The minimum Gasteiger partial charge on any atom is -0.491 e. The molecule has 1 aliphatic heterocycles. The number of carbonyl (C=O) groups excluding carboxylic acids is 2. The van der Waals surface area contributed by atoms with Crippen LogP contribution in [0.25, 0.3) is 0 Å². The van der Waals surface area contributed by atoms with Gasteiger partial charge in [0.1, 0.15) is 11.5 Å². The molecule has 0 saturated carbocycles. The van der Waals surface area contributed by atoms with E-state index < -0.39 is 0 Å². The molecule has 112 valence electrons. The lowest BCUT2D eigenvalue weighted by Crippen LogP contribution is -2.32. The van der Waals surface area contributed by atoms with Crippen LogP contribution in [0, 0.1) is 6.92 Å². The van der Waals surface area contributed by atoms with Gasteiger partial charge in [-0.15, -0.1) is 0 Å². The van der Waals surface area contributed by atoms with E-state index in [1.54, 1.807) is 6.07 Å². The number of hydrazone groups is 1. The SMILES string of the molecule is Cc1cc(NC(=O)C2=NNC(=O)CC2)ccc1OC(C)C. The van der Waals surface area contributed by atoms with Crippen LogP contribution in [0.15, 0.2) is 23.3 Å². The maximum absolute atomic E-state index is 12.0. The van der Waals surface area contributed by atoms with E-state index in [1.165, 1.54) is 0 Å². The van der Waals surface area contributed by atoms with Crippen molar-refractivity contribution in [3.05, 3.63) is 23.8 Å². The Balaban J connectivity index is 2.04. The van der Waals surface area contributed by atoms with Crippen LogP contribution in [0.5, 0.6) is 5.75 Å². The number of hydrogen-bond donors (Lipinski definition) is 2. The first kappa shape index (κ1) is 15.0. The van der Waals surface area contributed by atoms with E-state index in [1.807, 2.05) is 32.9 Å². The van der Waals surface area contributed by atoms with Gasteiger partial charge >= 0.3 is 0 Å². The van der Waals surface area contributed by atoms with Crippen molar-refractivity contribution in [1.29, 1.82) is 0 Å². The van der Waals surface area contributed by atoms with Crippen molar-refractivity contribution in [3.8, 4) is 5.75 Å². The average Bonchev–Trinajstić information content (AvgIpc) is 2.42. The highest BCUT2D eigenvalue weighted by atomic mass is 16.5. The first-order valence-corrected chi connectivity index (χ1v) is 6.90. The second kappa shape index (κ2) is 6.39. The van der Waals surface area contributed by atoms with E-state index in [-0.39, 0.29) is 24.3 Å². The van der Waals surface area contributed by atoms with Crippen molar-refractivity contribution in [2.75, 3.05) is 5.32 Å². The van der Waals surface area contributed by atoms with Crippen molar-refractivity contribution < 1.29 is 14.3 Å². The lowest BCUT2D eigenvalue weighted by atomic mass is 10.1. The topological polar surface area (TPSA) is 79.8 Å². The number of rotatable bonds is 4. The Labute approximate surface area is 123 Å². The third-order valence-electron chi connectivity index (χ3n) is 2.96. The molecule has 6 nitrogen and oxygen atoms in total. The second-order valence-electron chi connectivity index (χ2n) is 5.19. The van der Waals surface area contributed by atoms with E-state index in [2.05, 4.69) is 15.8 Å². The molecule has 2 amide bonds. The molecule has 2 rings (SSSR count). The summed E-state index contributed by atoms with van der Waals surface area (Å²) in [5.41, 5.74) is 4.26. The number of benzene rings is 1. The average molecular weight is 289 g/mol. The normalized spacial score (nSPS) is 14.5. The lowest BCUT2D eigenvalue weighted by Gasteiger charge is -2.15.